The van der Waals surface area contributed by atoms with Gasteiger partial charge in [0, 0.05) is 19.0 Å². The summed E-state index contributed by atoms with van der Waals surface area (Å²) in [5.41, 5.74) is -0.433. The van der Waals surface area contributed by atoms with Crippen LogP contribution in [0.25, 0.3) is 0 Å². The summed E-state index contributed by atoms with van der Waals surface area (Å²) in [6, 6.07) is 5.37. The lowest BCUT2D eigenvalue weighted by atomic mass is 9.78. The molecule has 2 N–H and O–H groups in total. The summed E-state index contributed by atoms with van der Waals surface area (Å²) in [6.45, 7) is 1.80. The number of hydrogen-bond acceptors (Lipinski definition) is 4. The van der Waals surface area contributed by atoms with Crippen molar-refractivity contribution in [2.75, 3.05) is 14.2 Å². The van der Waals surface area contributed by atoms with Gasteiger partial charge in [0.15, 0.2) is 0 Å². The van der Waals surface area contributed by atoms with Gasteiger partial charge >= 0.3 is 5.97 Å². The molecule has 1 aromatic carbocycles. The third-order valence-electron chi connectivity index (χ3n) is 5.40. The minimum atomic E-state index is -1.14. The molecule has 7 heteroatoms. The molecule has 3 rings (SSSR count). The molecule has 2 fully saturated rings. The highest BCUT2D eigenvalue weighted by molar-refractivity contribution is 6.08. The van der Waals surface area contributed by atoms with Gasteiger partial charge in [-0.2, -0.15) is 0 Å². The Hall–Kier alpha value is -2.28. The molecule has 2 amide bonds. The highest BCUT2D eigenvalue weighted by atomic mass is 19.1. The predicted molar refractivity (Wildman–Crippen MR) is 80.9 cm³/mol. The summed E-state index contributed by atoms with van der Waals surface area (Å²) in [5, 5.41) is 1.75. The summed E-state index contributed by atoms with van der Waals surface area (Å²) in [4.78, 5) is 38.9. The molecule has 0 spiro atoms. The van der Waals surface area contributed by atoms with Gasteiger partial charge in [0.25, 0.3) is 0 Å². The molecule has 0 radical (unpaired) electrons. The van der Waals surface area contributed by atoms with Crippen LogP contribution in [0.1, 0.15) is 24.9 Å². The van der Waals surface area contributed by atoms with E-state index in [9.17, 15) is 18.8 Å². The van der Waals surface area contributed by atoms with Crippen molar-refractivity contribution in [3.05, 3.63) is 35.6 Å². The number of likely N-dealkylation sites (tertiary alicyclic amines) is 1. The van der Waals surface area contributed by atoms with E-state index in [2.05, 4.69) is 0 Å². The third kappa shape index (κ3) is 2.07. The van der Waals surface area contributed by atoms with Crippen LogP contribution in [0.4, 0.5) is 4.39 Å². The van der Waals surface area contributed by atoms with Crippen LogP contribution in [0.3, 0.4) is 0 Å². The topological polar surface area (TPSA) is 80.3 Å². The number of carbonyl (C=O) groups excluding carboxylic acids is 3. The molecule has 1 aromatic rings. The van der Waals surface area contributed by atoms with Crippen LogP contribution < -0.4 is 5.32 Å². The van der Waals surface area contributed by atoms with Crippen LogP contribution in [-0.4, -0.2) is 42.4 Å². The van der Waals surface area contributed by atoms with Gasteiger partial charge in [-0.15, -0.1) is 0 Å². The second kappa shape index (κ2) is 5.66. The van der Waals surface area contributed by atoms with Gasteiger partial charge in [-0.3, -0.25) is 14.5 Å². The van der Waals surface area contributed by atoms with E-state index in [-0.39, 0.29) is 17.6 Å². The molecule has 6 nitrogen and oxygen atoms in total. The minimum absolute atomic E-state index is 0.310. The zero-order valence-corrected chi connectivity index (χ0v) is 13.8. The van der Waals surface area contributed by atoms with E-state index in [0.717, 1.165) is 4.90 Å². The molecule has 128 valence electrons. The predicted octanol–water partition coefficient (Wildman–Crippen LogP) is -0.00340. The third-order valence-corrected chi connectivity index (χ3v) is 5.40. The average Bonchev–Trinajstić information content (AvgIpc) is 3.05. The number of quaternary nitrogens is 1. The van der Waals surface area contributed by atoms with Crippen LogP contribution in [0.15, 0.2) is 24.3 Å². The Bertz CT molecular complexity index is 705. The highest BCUT2D eigenvalue weighted by Gasteiger charge is 2.71. The Morgan fingerprint density at radius 3 is 2.46 bits per heavy atom. The van der Waals surface area contributed by atoms with E-state index in [1.807, 2.05) is 0 Å². The van der Waals surface area contributed by atoms with Gasteiger partial charge in [0.2, 0.25) is 17.4 Å². The van der Waals surface area contributed by atoms with Crippen molar-refractivity contribution < 1.29 is 28.8 Å². The summed E-state index contributed by atoms with van der Waals surface area (Å²) in [5.74, 6) is -3.00. The molecule has 0 bridgehead atoms. The fraction of sp³-hybridized carbons (Fsp3) is 0.471. The van der Waals surface area contributed by atoms with E-state index in [4.69, 9.17) is 4.74 Å². The average molecular weight is 335 g/mol. The Morgan fingerprint density at radius 1 is 1.29 bits per heavy atom. The quantitative estimate of drug-likeness (QED) is 0.623. The number of methoxy groups -OCH3 is 1. The van der Waals surface area contributed by atoms with Crippen LogP contribution in [0, 0.1) is 17.7 Å². The number of imide groups is 1. The number of rotatable bonds is 3. The lowest BCUT2D eigenvalue weighted by Crippen LogP contribution is -2.98. The van der Waals surface area contributed by atoms with Crippen molar-refractivity contribution >= 4 is 17.8 Å². The van der Waals surface area contributed by atoms with E-state index >= 15 is 0 Å². The molecule has 2 heterocycles. The molecule has 4 atom stereocenters. The fourth-order valence-electron chi connectivity index (χ4n) is 4.12. The second-order valence-corrected chi connectivity index (χ2v) is 6.37. The zero-order chi connectivity index (χ0) is 17.6. The maximum Gasteiger partial charge on any atom is 0.368 e. The smallest absolute Gasteiger partial charge is 0.368 e. The number of halogens is 1. The van der Waals surface area contributed by atoms with Gasteiger partial charge in [-0.05, 0) is 12.1 Å². The van der Waals surface area contributed by atoms with Gasteiger partial charge in [-0.25, -0.2) is 9.18 Å². The number of esters is 1. The van der Waals surface area contributed by atoms with Gasteiger partial charge < -0.3 is 10.1 Å². The molecule has 0 saturated carbocycles. The summed E-state index contributed by atoms with van der Waals surface area (Å²) in [7, 11) is 2.71. The van der Waals surface area contributed by atoms with Crippen LogP contribution in [-0.2, 0) is 19.1 Å². The van der Waals surface area contributed by atoms with Crippen LogP contribution in [0.2, 0.25) is 0 Å². The van der Waals surface area contributed by atoms with Gasteiger partial charge in [-0.1, -0.05) is 19.1 Å². The summed E-state index contributed by atoms with van der Waals surface area (Å²) < 4.78 is 18.2. The van der Waals surface area contributed by atoms with Crippen molar-refractivity contribution in [2.45, 2.75) is 24.9 Å². The Morgan fingerprint density at radius 2 is 1.92 bits per heavy atom. The number of fused-ring (bicyclic) bond motifs is 1. The molecule has 0 aliphatic carbocycles. The number of nitrogens with zero attached hydrogens (tertiary/aromatic N) is 1. The first-order chi connectivity index (χ1) is 11.4. The molecular formula is C17H20FN2O4+. The lowest BCUT2D eigenvalue weighted by molar-refractivity contribution is -0.734. The van der Waals surface area contributed by atoms with Crippen molar-refractivity contribution in [3.8, 4) is 0 Å². The molecule has 24 heavy (non-hydrogen) atoms. The highest BCUT2D eigenvalue weighted by Crippen LogP contribution is 2.45. The molecule has 0 aromatic heterocycles. The van der Waals surface area contributed by atoms with Crippen LogP contribution in [0.5, 0.6) is 0 Å². The SMILES string of the molecule is CC[C@]1(C(=O)OC)[NH2+][C@@H](c2ccc(F)cc2)[C@H]2C(=O)N(C)C(=O)[C@@H]21. The normalized spacial score (nSPS) is 32.2. The number of ether oxygens (including phenoxy) is 1. The Labute approximate surface area is 139 Å². The molecule has 0 unspecified atom stereocenters. The van der Waals surface area contributed by atoms with Crippen LogP contribution >= 0.6 is 0 Å². The first kappa shape index (κ1) is 16.6. The lowest BCUT2D eigenvalue weighted by Gasteiger charge is -2.27. The van der Waals surface area contributed by atoms with E-state index in [1.54, 1.807) is 24.4 Å². The van der Waals surface area contributed by atoms with E-state index < -0.39 is 29.4 Å². The Kier molecular flexibility index (Phi) is 3.91. The van der Waals surface area contributed by atoms with Crippen molar-refractivity contribution in [3.63, 3.8) is 0 Å². The van der Waals surface area contributed by atoms with E-state index in [0.29, 0.717) is 12.0 Å². The first-order valence-corrected chi connectivity index (χ1v) is 7.88. The van der Waals surface area contributed by atoms with Gasteiger partial charge in [0.1, 0.15) is 23.7 Å². The van der Waals surface area contributed by atoms with Crippen molar-refractivity contribution in [1.82, 2.24) is 4.90 Å². The number of hydrogen-bond donors (Lipinski definition) is 1. The largest absolute Gasteiger partial charge is 0.464 e. The standard InChI is InChI=1S/C17H19FN2O4/c1-4-17(16(23)24-3)12-11(14(21)20(2)15(12)22)13(19-17)9-5-7-10(18)8-6-9/h5-8,11-13,19H,4H2,1-3H3/p+1/t11-,12+,13-,17-/m0/s1. The Balaban J connectivity index is 2.12. The maximum absolute atomic E-state index is 13.2. The molecule has 2 aliphatic heterocycles. The fourth-order valence-corrected chi connectivity index (χ4v) is 4.12. The van der Waals surface area contributed by atoms with Crippen molar-refractivity contribution in [2.24, 2.45) is 11.8 Å². The van der Waals surface area contributed by atoms with Crippen molar-refractivity contribution in [1.29, 1.82) is 0 Å². The minimum Gasteiger partial charge on any atom is -0.464 e. The maximum atomic E-state index is 13.2. The zero-order valence-electron chi connectivity index (χ0n) is 13.8. The first-order valence-electron chi connectivity index (χ1n) is 7.88. The number of nitrogens with two attached hydrogens (primary N) is 1. The summed E-state index contributed by atoms with van der Waals surface area (Å²) in [6.07, 6.45) is 0.353. The van der Waals surface area contributed by atoms with E-state index in [1.165, 1.54) is 26.3 Å². The molecular weight excluding hydrogens is 315 g/mol. The van der Waals surface area contributed by atoms with Gasteiger partial charge in [0.05, 0.1) is 7.11 Å². The number of benzene rings is 1. The number of amides is 2. The number of carbonyl (C=O) groups is 3. The second-order valence-electron chi connectivity index (χ2n) is 6.37. The monoisotopic (exact) mass is 335 g/mol. The molecule has 2 aliphatic rings. The summed E-state index contributed by atoms with van der Waals surface area (Å²) >= 11 is 0. The molecule has 2 saturated heterocycles.